The van der Waals surface area contributed by atoms with E-state index in [0.717, 1.165) is 0 Å². The molecule has 0 fully saturated rings. The van der Waals surface area contributed by atoms with Crippen LogP contribution in [-0.4, -0.2) is 22.9 Å². The van der Waals surface area contributed by atoms with E-state index in [1.807, 2.05) is 0 Å². The van der Waals surface area contributed by atoms with Crippen molar-refractivity contribution in [2.75, 3.05) is 4.90 Å². The predicted molar refractivity (Wildman–Crippen MR) is 257 cm³/mol. The van der Waals surface area contributed by atoms with E-state index in [0.29, 0.717) is 0 Å². The van der Waals surface area contributed by atoms with Gasteiger partial charge in [0.1, 0.15) is 0 Å². The molecule has 1 nitrogen and oxygen atoms in total. The summed E-state index contributed by atoms with van der Waals surface area (Å²) in [6.45, 7) is 28.4. The van der Waals surface area contributed by atoms with E-state index in [9.17, 15) is 0 Å². The van der Waals surface area contributed by atoms with Crippen molar-refractivity contribution < 1.29 is 0 Å². The second-order valence-corrected chi connectivity index (χ2v) is 28.8. The van der Waals surface area contributed by atoms with E-state index < -0.39 is 16.1 Å². The van der Waals surface area contributed by atoms with Crippen molar-refractivity contribution in [2.45, 2.75) is 80.8 Å². The lowest BCUT2D eigenvalue weighted by Crippen LogP contribution is -2.56. The molecule has 8 aromatic carbocycles. The molecule has 0 saturated carbocycles. The Bertz CT molecular complexity index is 2610. The molecule has 0 N–H and O–H groups in total. The molecule has 0 aliphatic heterocycles. The van der Waals surface area contributed by atoms with E-state index >= 15 is 0 Å². The Morgan fingerprint density at radius 3 is 1.21 bits per heavy atom. The maximum Gasteiger partial charge on any atom is 0.243 e. The Balaban J connectivity index is 1.41. The lowest BCUT2D eigenvalue weighted by molar-refractivity contribution is 1.30. The molecular formula is C52H56BNSi2. The molecule has 0 heterocycles. The van der Waals surface area contributed by atoms with Crippen molar-refractivity contribution in [3.8, 4) is 0 Å². The average Bonchev–Trinajstić information content (AvgIpc) is 3.13. The lowest BCUT2D eigenvalue weighted by Gasteiger charge is -2.29. The number of anilines is 3. The van der Waals surface area contributed by atoms with Crippen molar-refractivity contribution in [3.63, 3.8) is 0 Å². The molecule has 0 atom stereocenters. The first-order chi connectivity index (χ1) is 26.5. The SMILES string of the molecule is Cc1cc(C)c(B(c2c(C)cc(C)cc2C)c2ccc3ccc4c(N(c5ccc([Si](C)(C)C)cc5)c5ccc([Si](C)(C)C)cc5)ccc5ccc2c3c54)c(C)c1. The summed E-state index contributed by atoms with van der Waals surface area (Å²) in [5, 5.41) is 10.8. The molecule has 280 valence electrons. The number of aryl methyl sites for hydroxylation is 6. The standard InChI is InChI=1S/C52H56BNSi2/c1-33-29-35(3)51(36(4)30-33)53(52-37(5)31-34(2)32-38(52)6)47-27-15-39-14-26-46-48(28-16-40-13-25-45(47)49(39)50(40)46)54(41-17-21-43(22-18-41)55(7,8)9)42-19-23-44(24-20-42)56(10,11)12/h13-32H,1-12H3. The fourth-order valence-corrected chi connectivity index (χ4v) is 12.0. The van der Waals surface area contributed by atoms with E-state index in [1.165, 1.54) is 110 Å². The molecule has 0 radical (unpaired) electrons. The third-order valence-electron chi connectivity index (χ3n) is 12.3. The summed E-state index contributed by atoms with van der Waals surface area (Å²) in [6, 6.07) is 47.4. The van der Waals surface area contributed by atoms with Gasteiger partial charge in [0, 0.05) is 16.8 Å². The van der Waals surface area contributed by atoms with Crippen molar-refractivity contribution >= 4 is 99.0 Å². The molecular weight excluding hydrogens is 706 g/mol. The summed E-state index contributed by atoms with van der Waals surface area (Å²) in [5.41, 5.74) is 15.9. The number of nitrogens with zero attached hydrogens (tertiary/aromatic N) is 1. The zero-order valence-corrected chi connectivity index (χ0v) is 37.6. The number of benzene rings is 8. The summed E-state index contributed by atoms with van der Waals surface area (Å²) in [5.74, 6) is 0. The summed E-state index contributed by atoms with van der Waals surface area (Å²) < 4.78 is 0. The zero-order chi connectivity index (χ0) is 39.8. The van der Waals surface area contributed by atoms with Crippen molar-refractivity contribution in [3.05, 3.63) is 155 Å². The molecule has 0 aromatic heterocycles. The highest BCUT2D eigenvalue weighted by molar-refractivity contribution is 6.98. The summed E-state index contributed by atoms with van der Waals surface area (Å²) in [6.07, 6.45) is 0. The minimum Gasteiger partial charge on any atom is -0.310 e. The van der Waals surface area contributed by atoms with Crippen LogP contribution in [0.1, 0.15) is 33.4 Å². The van der Waals surface area contributed by atoms with Crippen LogP contribution in [0.25, 0.3) is 32.3 Å². The molecule has 0 aliphatic rings. The van der Waals surface area contributed by atoms with Gasteiger partial charge in [-0.2, -0.15) is 0 Å². The number of hydrogen-bond donors (Lipinski definition) is 0. The van der Waals surface area contributed by atoms with Gasteiger partial charge in [0.2, 0.25) is 6.71 Å². The predicted octanol–water partition coefficient (Wildman–Crippen LogP) is 11.5. The van der Waals surface area contributed by atoms with Crippen LogP contribution in [0.5, 0.6) is 0 Å². The highest BCUT2D eigenvalue weighted by atomic mass is 28.3. The van der Waals surface area contributed by atoms with Gasteiger partial charge in [-0.05, 0) is 98.8 Å². The van der Waals surface area contributed by atoms with Crippen LogP contribution in [0.3, 0.4) is 0 Å². The van der Waals surface area contributed by atoms with E-state index in [1.54, 1.807) is 0 Å². The van der Waals surface area contributed by atoms with Crippen LogP contribution in [0, 0.1) is 41.5 Å². The van der Waals surface area contributed by atoms with Gasteiger partial charge in [0.15, 0.2) is 0 Å². The highest BCUT2D eigenvalue weighted by Crippen LogP contribution is 2.43. The van der Waals surface area contributed by atoms with Gasteiger partial charge in [0.25, 0.3) is 0 Å². The van der Waals surface area contributed by atoms with Crippen molar-refractivity contribution in [2.24, 2.45) is 0 Å². The lowest BCUT2D eigenvalue weighted by atomic mass is 9.33. The third-order valence-corrected chi connectivity index (χ3v) is 16.4. The summed E-state index contributed by atoms with van der Waals surface area (Å²) in [7, 11) is -2.93. The van der Waals surface area contributed by atoms with Gasteiger partial charge in [-0.1, -0.05) is 190 Å². The first-order valence-corrected chi connectivity index (χ1v) is 27.4. The molecule has 0 spiro atoms. The van der Waals surface area contributed by atoms with Crippen LogP contribution < -0.4 is 31.7 Å². The average molecular weight is 762 g/mol. The summed E-state index contributed by atoms with van der Waals surface area (Å²) >= 11 is 0. The van der Waals surface area contributed by atoms with E-state index in [-0.39, 0.29) is 6.71 Å². The van der Waals surface area contributed by atoms with Gasteiger partial charge < -0.3 is 4.90 Å². The van der Waals surface area contributed by atoms with Gasteiger partial charge >= 0.3 is 0 Å². The monoisotopic (exact) mass is 761 g/mol. The molecule has 0 aliphatic carbocycles. The molecule has 8 rings (SSSR count). The minimum absolute atomic E-state index is 0.103. The largest absolute Gasteiger partial charge is 0.310 e. The van der Waals surface area contributed by atoms with Crippen LogP contribution in [0.4, 0.5) is 17.1 Å². The molecule has 0 saturated heterocycles. The smallest absolute Gasteiger partial charge is 0.243 e. The minimum atomic E-state index is -1.46. The topological polar surface area (TPSA) is 3.24 Å². The van der Waals surface area contributed by atoms with Crippen LogP contribution in [0.2, 0.25) is 39.3 Å². The van der Waals surface area contributed by atoms with Crippen LogP contribution in [0.15, 0.2) is 121 Å². The van der Waals surface area contributed by atoms with Crippen LogP contribution in [-0.2, 0) is 0 Å². The van der Waals surface area contributed by atoms with Crippen molar-refractivity contribution in [1.29, 1.82) is 0 Å². The fourth-order valence-electron chi connectivity index (χ4n) is 9.65. The normalized spacial score (nSPS) is 12.3. The second-order valence-electron chi connectivity index (χ2n) is 18.6. The Morgan fingerprint density at radius 2 is 0.786 bits per heavy atom. The Labute approximate surface area is 337 Å². The van der Waals surface area contributed by atoms with E-state index in [4.69, 9.17) is 0 Å². The van der Waals surface area contributed by atoms with Gasteiger partial charge in [-0.3, -0.25) is 0 Å². The Kier molecular flexibility index (Phi) is 9.45. The maximum atomic E-state index is 2.50. The van der Waals surface area contributed by atoms with Crippen molar-refractivity contribution in [1.82, 2.24) is 0 Å². The molecule has 0 bridgehead atoms. The van der Waals surface area contributed by atoms with Gasteiger partial charge in [0.05, 0.1) is 21.8 Å². The zero-order valence-electron chi connectivity index (χ0n) is 35.6. The third kappa shape index (κ3) is 6.61. The molecule has 4 heteroatoms. The Morgan fingerprint density at radius 1 is 0.411 bits per heavy atom. The molecule has 0 unspecified atom stereocenters. The molecule has 0 amide bonds. The van der Waals surface area contributed by atoms with Gasteiger partial charge in [-0.15, -0.1) is 0 Å². The second kappa shape index (κ2) is 13.9. The maximum absolute atomic E-state index is 2.50. The van der Waals surface area contributed by atoms with Gasteiger partial charge in [-0.25, -0.2) is 0 Å². The van der Waals surface area contributed by atoms with E-state index in [2.05, 4.69) is 207 Å². The molecule has 56 heavy (non-hydrogen) atoms. The first kappa shape index (κ1) is 38.0. The fraction of sp³-hybridized carbons (Fsp3) is 0.231. The quantitative estimate of drug-likeness (QED) is 0.110. The summed E-state index contributed by atoms with van der Waals surface area (Å²) in [4.78, 5) is 2.50. The number of hydrogen-bond acceptors (Lipinski definition) is 1. The first-order valence-electron chi connectivity index (χ1n) is 20.4. The Hall–Kier alpha value is -4.90. The number of rotatable bonds is 8. The highest BCUT2D eigenvalue weighted by Gasteiger charge is 2.31. The van der Waals surface area contributed by atoms with Crippen LogP contribution >= 0.6 is 0 Å². The molecule has 8 aromatic rings.